The molecule has 0 aliphatic heterocycles. The Hall–Kier alpha value is -2.89. The maximum absolute atomic E-state index is 11.6. The Bertz CT molecular complexity index is 614. The summed E-state index contributed by atoms with van der Waals surface area (Å²) >= 11 is 0. The van der Waals surface area contributed by atoms with Crippen molar-refractivity contribution >= 4 is 17.4 Å². The van der Waals surface area contributed by atoms with Crippen molar-refractivity contribution in [1.82, 2.24) is 5.32 Å². The molecule has 2 rings (SSSR count). The quantitative estimate of drug-likeness (QED) is 0.662. The minimum absolute atomic E-state index is 0.00719. The Morgan fingerprint density at radius 3 is 2.55 bits per heavy atom. The molecular formula is C14H13N3O3. The number of hydrogen-bond acceptors (Lipinski definition) is 3. The smallest absolute Gasteiger partial charge is 0.319 e. The third kappa shape index (κ3) is 3.81. The molecule has 2 amide bonds. The highest BCUT2D eigenvalue weighted by Crippen LogP contribution is 2.12. The number of anilines is 1. The van der Waals surface area contributed by atoms with E-state index >= 15 is 0 Å². The van der Waals surface area contributed by atoms with Crippen LogP contribution >= 0.6 is 0 Å². The molecule has 6 nitrogen and oxygen atoms in total. The molecule has 0 heterocycles. The molecular weight excluding hydrogens is 258 g/mol. The summed E-state index contributed by atoms with van der Waals surface area (Å²) in [6.45, 7) is 0.223. The van der Waals surface area contributed by atoms with Crippen LogP contribution < -0.4 is 10.6 Å². The van der Waals surface area contributed by atoms with Crippen LogP contribution in [0.15, 0.2) is 54.6 Å². The summed E-state index contributed by atoms with van der Waals surface area (Å²) in [5.74, 6) is 0. The number of nitrogens with zero attached hydrogens (tertiary/aromatic N) is 1. The second kappa shape index (κ2) is 6.33. The fraction of sp³-hybridized carbons (Fsp3) is 0.0714. The second-order valence-electron chi connectivity index (χ2n) is 4.10. The van der Waals surface area contributed by atoms with E-state index in [0.29, 0.717) is 11.3 Å². The number of nitro groups is 1. The van der Waals surface area contributed by atoms with Crippen molar-refractivity contribution < 1.29 is 9.72 Å². The van der Waals surface area contributed by atoms with Gasteiger partial charge in [-0.3, -0.25) is 10.1 Å². The second-order valence-corrected chi connectivity index (χ2v) is 4.10. The van der Waals surface area contributed by atoms with E-state index < -0.39 is 4.92 Å². The van der Waals surface area contributed by atoms with Gasteiger partial charge in [-0.05, 0) is 17.7 Å². The number of nitrogens with one attached hydrogen (secondary N) is 2. The molecule has 0 aromatic heterocycles. The monoisotopic (exact) mass is 271 g/mol. The summed E-state index contributed by atoms with van der Waals surface area (Å²) in [6, 6.07) is 14.8. The fourth-order valence-corrected chi connectivity index (χ4v) is 1.66. The number of nitro benzene ring substituents is 1. The summed E-state index contributed by atoms with van der Waals surface area (Å²) in [5.41, 5.74) is 1.36. The summed E-state index contributed by atoms with van der Waals surface area (Å²) in [4.78, 5) is 21.8. The van der Waals surface area contributed by atoms with E-state index in [1.165, 1.54) is 12.1 Å². The van der Waals surface area contributed by atoms with Crippen molar-refractivity contribution in [3.8, 4) is 0 Å². The Labute approximate surface area is 115 Å². The lowest BCUT2D eigenvalue weighted by atomic mass is 10.2. The number of carbonyl (C=O) groups is 1. The van der Waals surface area contributed by atoms with Crippen LogP contribution in [0.4, 0.5) is 16.2 Å². The molecule has 0 radical (unpaired) electrons. The average Bonchev–Trinajstić information content (AvgIpc) is 2.46. The maximum atomic E-state index is 11.6. The van der Waals surface area contributed by atoms with Crippen molar-refractivity contribution in [3.63, 3.8) is 0 Å². The number of non-ortho nitro benzene ring substituents is 1. The van der Waals surface area contributed by atoms with Gasteiger partial charge in [0.2, 0.25) is 0 Å². The predicted molar refractivity (Wildman–Crippen MR) is 75.4 cm³/mol. The van der Waals surface area contributed by atoms with E-state index in [-0.39, 0.29) is 18.3 Å². The van der Waals surface area contributed by atoms with Gasteiger partial charge in [-0.25, -0.2) is 4.79 Å². The standard InChI is InChI=1S/C14H13N3O3/c18-14(16-12-6-2-1-3-7-12)15-10-11-5-4-8-13(9-11)17(19)20/h1-9H,10H2,(H2,15,16,18). The van der Waals surface area contributed by atoms with Crippen molar-refractivity contribution in [1.29, 1.82) is 0 Å². The van der Waals surface area contributed by atoms with Crippen molar-refractivity contribution in [2.24, 2.45) is 0 Å². The van der Waals surface area contributed by atoms with Gasteiger partial charge in [-0.15, -0.1) is 0 Å². The first kappa shape index (κ1) is 13.5. The highest BCUT2D eigenvalue weighted by molar-refractivity contribution is 5.89. The molecule has 102 valence electrons. The molecule has 0 aliphatic carbocycles. The van der Waals surface area contributed by atoms with Gasteiger partial charge in [-0.2, -0.15) is 0 Å². The first-order valence-corrected chi connectivity index (χ1v) is 5.98. The molecule has 0 saturated carbocycles. The first-order valence-electron chi connectivity index (χ1n) is 5.98. The van der Waals surface area contributed by atoms with E-state index in [1.54, 1.807) is 24.3 Å². The number of rotatable bonds is 4. The molecule has 0 atom stereocenters. The van der Waals surface area contributed by atoms with Crippen molar-refractivity contribution in [2.45, 2.75) is 6.54 Å². The Morgan fingerprint density at radius 2 is 1.85 bits per heavy atom. The van der Waals surface area contributed by atoms with Gasteiger partial charge in [0.1, 0.15) is 0 Å². The van der Waals surface area contributed by atoms with E-state index in [9.17, 15) is 14.9 Å². The van der Waals surface area contributed by atoms with Gasteiger partial charge < -0.3 is 10.6 Å². The zero-order valence-corrected chi connectivity index (χ0v) is 10.6. The minimum Gasteiger partial charge on any atom is -0.334 e. The number of urea groups is 1. The van der Waals surface area contributed by atoms with Crippen LogP contribution in [0.5, 0.6) is 0 Å². The van der Waals surface area contributed by atoms with Crippen LogP contribution in [0.2, 0.25) is 0 Å². The lowest BCUT2D eigenvalue weighted by Crippen LogP contribution is -2.28. The summed E-state index contributed by atoms with van der Waals surface area (Å²) in [7, 11) is 0. The zero-order chi connectivity index (χ0) is 14.4. The van der Waals surface area contributed by atoms with E-state index in [4.69, 9.17) is 0 Å². The van der Waals surface area contributed by atoms with Crippen LogP contribution in [0.3, 0.4) is 0 Å². The first-order chi connectivity index (χ1) is 9.65. The molecule has 2 N–H and O–H groups in total. The molecule has 6 heteroatoms. The maximum Gasteiger partial charge on any atom is 0.319 e. The number of carbonyl (C=O) groups excluding carboxylic acids is 1. The Kier molecular flexibility index (Phi) is 4.28. The van der Waals surface area contributed by atoms with Crippen LogP contribution in [0.1, 0.15) is 5.56 Å². The number of para-hydroxylation sites is 1. The molecule has 0 unspecified atom stereocenters. The van der Waals surface area contributed by atoms with Gasteiger partial charge in [0, 0.05) is 24.4 Å². The Morgan fingerprint density at radius 1 is 1.10 bits per heavy atom. The lowest BCUT2D eigenvalue weighted by molar-refractivity contribution is -0.384. The lowest BCUT2D eigenvalue weighted by Gasteiger charge is -2.07. The van der Waals surface area contributed by atoms with Crippen LogP contribution in [-0.2, 0) is 6.54 Å². The molecule has 20 heavy (non-hydrogen) atoms. The molecule has 0 spiro atoms. The van der Waals surface area contributed by atoms with Gasteiger partial charge in [0.05, 0.1) is 4.92 Å². The number of benzene rings is 2. The third-order valence-corrected chi connectivity index (χ3v) is 2.61. The predicted octanol–water partition coefficient (Wildman–Crippen LogP) is 2.92. The van der Waals surface area contributed by atoms with Gasteiger partial charge >= 0.3 is 6.03 Å². The van der Waals surface area contributed by atoms with Crippen LogP contribution in [-0.4, -0.2) is 11.0 Å². The van der Waals surface area contributed by atoms with Crippen molar-refractivity contribution in [3.05, 3.63) is 70.3 Å². The molecule has 0 fully saturated rings. The molecule has 2 aromatic rings. The van der Waals surface area contributed by atoms with E-state index in [2.05, 4.69) is 10.6 Å². The minimum atomic E-state index is -0.465. The van der Waals surface area contributed by atoms with Gasteiger partial charge in [0.15, 0.2) is 0 Å². The average molecular weight is 271 g/mol. The highest BCUT2D eigenvalue weighted by atomic mass is 16.6. The van der Waals surface area contributed by atoms with E-state index in [0.717, 1.165) is 0 Å². The number of amides is 2. The molecule has 0 saturated heterocycles. The fourth-order valence-electron chi connectivity index (χ4n) is 1.66. The highest BCUT2D eigenvalue weighted by Gasteiger charge is 2.06. The molecule has 0 aliphatic rings. The van der Waals surface area contributed by atoms with Gasteiger partial charge in [-0.1, -0.05) is 30.3 Å². The van der Waals surface area contributed by atoms with Gasteiger partial charge in [0.25, 0.3) is 5.69 Å². The zero-order valence-electron chi connectivity index (χ0n) is 10.6. The SMILES string of the molecule is O=C(NCc1cccc([N+](=O)[O-])c1)Nc1ccccc1. The largest absolute Gasteiger partial charge is 0.334 e. The van der Waals surface area contributed by atoms with E-state index in [1.807, 2.05) is 18.2 Å². The van der Waals surface area contributed by atoms with Crippen LogP contribution in [0.25, 0.3) is 0 Å². The third-order valence-electron chi connectivity index (χ3n) is 2.61. The summed E-state index contributed by atoms with van der Waals surface area (Å²) in [5, 5.41) is 15.9. The Balaban J connectivity index is 1.90. The summed E-state index contributed by atoms with van der Waals surface area (Å²) in [6.07, 6.45) is 0. The molecule has 2 aromatic carbocycles. The molecule has 0 bridgehead atoms. The van der Waals surface area contributed by atoms with Crippen molar-refractivity contribution in [2.75, 3.05) is 5.32 Å². The topological polar surface area (TPSA) is 84.3 Å². The van der Waals surface area contributed by atoms with Crippen LogP contribution in [0, 0.1) is 10.1 Å². The summed E-state index contributed by atoms with van der Waals surface area (Å²) < 4.78 is 0. The number of hydrogen-bond donors (Lipinski definition) is 2. The normalized spacial score (nSPS) is 9.80.